The van der Waals surface area contributed by atoms with Crippen LogP contribution in [0.3, 0.4) is 0 Å². The van der Waals surface area contributed by atoms with E-state index in [1.165, 1.54) is 29.5 Å². The van der Waals surface area contributed by atoms with Crippen molar-refractivity contribution >= 4 is 16.6 Å². The Bertz CT molecular complexity index is 555. The first kappa shape index (κ1) is 7.69. The second kappa shape index (κ2) is 2.32. The maximum Gasteiger partial charge on any atom is 0.0706 e. The van der Waals surface area contributed by atoms with Crippen LogP contribution in [0.15, 0.2) is 30.5 Å². The predicted octanol–water partition coefficient (Wildman–Crippen LogP) is 2.69. The molecule has 0 atom stereocenters. The summed E-state index contributed by atoms with van der Waals surface area (Å²) in [6, 6.07) is 8.47. The molecule has 2 heteroatoms. The Kier molecular flexibility index (Phi) is 1.19. The summed E-state index contributed by atoms with van der Waals surface area (Å²) in [6.07, 6.45) is 4.66. The molecule has 1 aliphatic carbocycles. The summed E-state index contributed by atoms with van der Waals surface area (Å²) in [5.74, 6) is 0. The van der Waals surface area contributed by atoms with Gasteiger partial charge in [-0.2, -0.15) is 0 Å². The number of nitrogens with zero attached hydrogens (tertiary/aromatic N) is 1. The minimum absolute atomic E-state index is 0.456. The standard InChI is InChI=1S/C13H12N2/c1-2-4-10-9(3-1)12-11(7-14-10)15-8-13(12)5-6-13/h1-4,7,15H,5-6,8H2. The van der Waals surface area contributed by atoms with Gasteiger partial charge < -0.3 is 5.32 Å². The number of para-hydroxylation sites is 1. The van der Waals surface area contributed by atoms with Gasteiger partial charge in [0.05, 0.1) is 17.4 Å². The Morgan fingerprint density at radius 2 is 2.07 bits per heavy atom. The van der Waals surface area contributed by atoms with E-state index in [1.807, 2.05) is 6.20 Å². The van der Waals surface area contributed by atoms with Gasteiger partial charge in [0.2, 0.25) is 0 Å². The van der Waals surface area contributed by atoms with Gasteiger partial charge in [0, 0.05) is 17.3 Å². The van der Waals surface area contributed by atoms with Crippen LogP contribution in [-0.4, -0.2) is 11.5 Å². The van der Waals surface area contributed by atoms with E-state index in [9.17, 15) is 0 Å². The zero-order chi connectivity index (χ0) is 9.88. The number of pyridine rings is 1. The van der Waals surface area contributed by atoms with Crippen molar-refractivity contribution < 1.29 is 0 Å². The largest absolute Gasteiger partial charge is 0.383 e. The topological polar surface area (TPSA) is 24.9 Å². The molecule has 0 saturated heterocycles. The molecule has 1 N–H and O–H groups in total. The zero-order valence-corrected chi connectivity index (χ0v) is 8.46. The van der Waals surface area contributed by atoms with Crippen molar-refractivity contribution in [1.82, 2.24) is 4.98 Å². The van der Waals surface area contributed by atoms with Crippen LogP contribution in [0.5, 0.6) is 0 Å². The molecule has 0 unspecified atom stereocenters. The van der Waals surface area contributed by atoms with E-state index in [2.05, 4.69) is 34.6 Å². The summed E-state index contributed by atoms with van der Waals surface area (Å²) in [5.41, 5.74) is 4.36. The van der Waals surface area contributed by atoms with Crippen LogP contribution in [0.4, 0.5) is 5.69 Å². The summed E-state index contributed by atoms with van der Waals surface area (Å²) in [6.45, 7) is 1.11. The Balaban J connectivity index is 2.15. The second-order valence-corrected chi connectivity index (χ2v) is 4.70. The van der Waals surface area contributed by atoms with Gasteiger partial charge in [-0.05, 0) is 24.5 Å². The fourth-order valence-electron chi connectivity index (χ4n) is 2.78. The van der Waals surface area contributed by atoms with Gasteiger partial charge in [-0.1, -0.05) is 18.2 Å². The van der Waals surface area contributed by atoms with E-state index >= 15 is 0 Å². The highest BCUT2D eigenvalue weighted by Gasteiger charge is 2.49. The first-order valence-electron chi connectivity index (χ1n) is 5.51. The van der Waals surface area contributed by atoms with Crippen molar-refractivity contribution in [2.75, 3.05) is 11.9 Å². The van der Waals surface area contributed by atoms with Crippen LogP contribution in [0, 0.1) is 0 Å². The molecule has 1 aromatic carbocycles. The van der Waals surface area contributed by atoms with E-state index < -0.39 is 0 Å². The van der Waals surface area contributed by atoms with E-state index in [-0.39, 0.29) is 0 Å². The van der Waals surface area contributed by atoms with Gasteiger partial charge in [-0.25, -0.2) is 0 Å². The molecule has 2 nitrogen and oxygen atoms in total. The molecule has 1 fully saturated rings. The number of hydrogen-bond acceptors (Lipinski definition) is 2. The first-order chi connectivity index (χ1) is 7.39. The molecule has 1 saturated carbocycles. The number of benzene rings is 1. The third-order valence-corrected chi connectivity index (χ3v) is 3.78. The molecule has 2 heterocycles. The quantitative estimate of drug-likeness (QED) is 0.700. The van der Waals surface area contributed by atoms with E-state index in [0.29, 0.717) is 5.41 Å². The molecule has 2 aliphatic rings. The monoisotopic (exact) mass is 196 g/mol. The lowest BCUT2D eigenvalue weighted by molar-refractivity contribution is 0.784. The van der Waals surface area contributed by atoms with Gasteiger partial charge in [0.15, 0.2) is 0 Å². The predicted molar refractivity (Wildman–Crippen MR) is 61.1 cm³/mol. The Labute approximate surface area is 88.3 Å². The fraction of sp³-hybridized carbons (Fsp3) is 0.308. The van der Waals surface area contributed by atoms with Gasteiger partial charge in [0.25, 0.3) is 0 Å². The highest BCUT2D eigenvalue weighted by atomic mass is 15.0. The summed E-state index contributed by atoms with van der Waals surface area (Å²) in [5, 5.41) is 4.83. The smallest absolute Gasteiger partial charge is 0.0706 e. The Morgan fingerprint density at radius 3 is 2.93 bits per heavy atom. The van der Waals surface area contributed by atoms with Crippen molar-refractivity contribution in [2.24, 2.45) is 0 Å². The number of aromatic nitrogens is 1. The number of hydrogen-bond donors (Lipinski definition) is 1. The van der Waals surface area contributed by atoms with Crippen LogP contribution < -0.4 is 5.32 Å². The molecule has 1 spiro atoms. The summed E-state index contributed by atoms with van der Waals surface area (Å²) >= 11 is 0. The van der Waals surface area contributed by atoms with Gasteiger partial charge in [0.1, 0.15) is 0 Å². The summed E-state index contributed by atoms with van der Waals surface area (Å²) < 4.78 is 0. The molecular formula is C13H12N2. The SMILES string of the molecule is c1ccc2c3c(cnc2c1)NCC31CC1. The van der Waals surface area contributed by atoms with Crippen molar-refractivity contribution in [3.63, 3.8) is 0 Å². The lowest BCUT2D eigenvalue weighted by Gasteiger charge is -2.09. The van der Waals surface area contributed by atoms with Gasteiger partial charge >= 0.3 is 0 Å². The normalized spacial score (nSPS) is 20.3. The number of nitrogens with one attached hydrogen (secondary N) is 1. The number of anilines is 1. The molecule has 0 radical (unpaired) electrons. The molecule has 0 amide bonds. The van der Waals surface area contributed by atoms with Crippen LogP contribution in [0.2, 0.25) is 0 Å². The van der Waals surface area contributed by atoms with Crippen LogP contribution in [0.25, 0.3) is 10.9 Å². The van der Waals surface area contributed by atoms with E-state index in [0.717, 1.165) is 12.1 Å². The van der Waals surface area contributed by atoms with Crippen molar-refractivity contribution in [1.29, 1.82) is 0 Å². The molecule has 0 bridgehead atoms. The fourth-order valence-corrected chi connectivity index (χ4v) is 2.78. The van der Waals surface area contributed by atoms with Crippen molar-refractivity contribution in [3.8, 4) is 0 Å². The highest BCUT2D eigenvalue weighted by Crippen LogP contribution is 2.55. The summed E-state index contributed by atoms with van der Waals surface area (Å²) in [4.78, 5) is 4.48. The third kappa shape index (κ3) is 0.870. The zero-order valence-electron chi connectivity index (χ0n) is 8.46. The van der Waals surface area contributed by atoms with E-state index in [4.69, 9.17) is 0 Å². The van der Waals surface area contributed by atoms with Crippen LogP contribution in [-0.2, 0) is 5.41 Å². The van der Waals surface area contributed by atoms with Crippen molar-refractivity contribution in [2.45, 2.75) is 18.3 Å². The van der Waals surface area contributed by atoms with Gasteiger partial charge in [-0.3, -0.25) is 4.98 Å². The van der Waals surface area contributed by atoms with Crippen molar-refractivity contribution in [3.05, 3.63) is 36.0 Å². The molecule has 15 heavy (non-hydrogen) atoms. The van der Waals surface area contributed by atoms with Crippen LogP contribution >= 0.6 is 0 Å². The summed E-state index contributed by atoms with van der Waals surface area (Å²) in [7, 11) is 0. The average molecular weight is 196 g/mol. The minimum Gasteiger partial charge on any atom is -0.383 e. The lowest BCUT2D eigenvalue weighted by Crippen LogP contribution is -2.08. The average Bonchev–Trinajstić information content (AvgIpc) is 2.95. The molecule has 4 rings (SSSR count). The second-order valence-electron chi connectivity index (χ2n) is 4.70. The molecule has 2 aromatic rings. The molecule has 1 aliphatic heterocycles. The Morgan fingerprint density at radius 1 is 1.20 bits per heavy atom. The molecular weight excluding hydrogens is 184 g/mol. The first-order valence-corrected chi connectivity index (χ1v) is 5.51. The lowest BCUT2D eigenvalue weighted by atomic mass is 9.95. The number of rotatable bonds is 0. The highest BCUT2D eigenvalue weighted by molar-refractivity contribution is 5.90. The maximum absolute atomic E-state index is 4.48. The Hall–Kier alpha value is -1.57. The molecule has 1 aromatic heterocycles. The maximum atomic E-state index is 4.48. The third-order valence-electron chi connectivity index (χ3n) is 3.78. The van der Waals surface area contributed by atoms with Crippen LogP contribution in [0.1, 0.15) is 18.4 Å². The number of fused-ring (bicyclic) bond motifs is 4. The molecule has 74 valence electrons. The van der Waals surface area contributed by atoms with Gasteiger partial charge in [-0.15, -0.1) is 0 Å². The minimum atomic E-state index is 0.456. The van der Waals surface area contributed by atoms with E-state index in [1.54, 1.807) is 0 Å².